The first-order valence-electron chi connectivity index (χ1n) is 7.66. The Balaban J connectivity index is 2.20. The molecule has 0 spiro atoms. The van der Waals surface area contributed by atoms with E-state index in [0.29, 0.717) is 6.04 Å². The third-order valence-corrected chi connectivity index (χ3v) is 4.48. The largest absolute Gasteiger partial charge is 0.371 e. The van der Waals surface area contributed by atoms with Gasteiger partial charge in [-0.3, -0.25) is 0 Å². The Bertz CT molecular complexity index is 400. The van der Waals surface area contributed by atoms with Crippen molar-refractivity contribution in [1.82, 2.24) is 0 Å². The fraction of sp³-hybridized carbons (Fsp3) is 0.647. The molecule has 3 unspecified atom stereocenters. The third kappa shape index (κ3) is 3.50. The Morgan fingerprint density at radius 2 is 1.95 bits per heavy atom. The van der Waals surface area contributed by atoms with E-state index in [9.17, 15) is 0 Å². The minimum Gasteiger partial charge on any atom is -0.371 e. The Labute approximate surface area is 118 Å². The molecule has 0 amide bonds. The van der Waals surface area contributed by atoms with Gasteiger partial charge in [-0.25, -0.2) is 0 Å². The molecule has 1 aliphatic carbocycles. The zero-order chi connectivity index (χ0) is 13.8. The number of benzene rings is 1. The summed E-state index contributed by atoms with van der Waals surface area (Å²) in [6.45, 7) is 4.48. The summed E-state index contributed by atoms with van der Waals surface area (Å²) in [5.41, 5.74) is 8.74. The third-order valence-electron chi connectivity index (χ3n) is 4.48. The SMILES string of the molecule is CC(N)Cc1ccccc1N(C)C1CCCCC1C. The summed E-state index contributed by atoms with van der Waals surface area (Å²) < 4.78 is 0. The van der Waals surface area contributed by atoms with Crippen LogP contribution < -0.4 is 10.6 Å². The van der Waals surface area contributed by atoms with Gasteiger partial charge < -0.3 is 10.6 Å². The van der Waals surface area contributed by atoms with Crippen LogP contribution in [0.3, 0.4) is 0 Å². The maximum Gasteiger partial charge on any atom is 0.0399 e. The number of anilines is 1. The molecule has 3 atom stereocenters. The van der Waals surface area contributed by atoms with Gasteiger partial charge in [0.25, 0.3) is 0 Å². The van der Waals surface area contributed by atoms with Crippen LogP contribution in [0.25, 0.3) is 0 Å². The number of nitrogens with two attached hydrogens (primary N) is 1. The van der Waals surface area contributed by atoms with E-state index in [1.807, 2.05) is 0 Å². The topological polar surface area (TPSA) is 29.3 Å². The van der Waals surface area contributed by atoms with E-state index in [1.54, 1.807) is 0 Å². The van der Waals surface area contributed by atoms with Gasteiger partial charge in [0, 0.05) is 24.8 Å². The maximum atomic E-state index is 5.98. The average Bonchev–Trinajstić information content (AvgIpc) is 2.38. The van der Waals surface area contributed by atoms with Crippen LogP contribution in [0, 0.1) is 5.92 Å². The number of para-hydroxylation sites is 1. The highest BCUT2D eigenvalue weighted by atomic mass is 15.1. The van der Waals surface area contributed by atoms with E-state index in [2.05, 4.69) is 50.1 Å². The number of hydrogen-bond donors (Lipinski definition) is 1. The Kier molecular flexibility index (Phi) is 4.87. The van der Waals surface area contributed by atoms with Gasteiger partial charge in [0.1, 0.15) is 0 Å². The molecule has 2 N–H and O–H groups in total. The minimum atomic E-state index is 0.221. The first-order chi connectivity index (χ1) is 9.09. The van der Waals surface area contributed by atoms with Crippen LogP contribution in [-0.4, -0.2) is 19.1 Å². The van der Waals surface area contributed by atoms with Crippen LogP contribution in [0.2, 0.25) is 0 Å². The average molecular weight is 260 g/mol. The van der Waals surface area contributed by atoms with Crippen molar-refractivity contribution in [2.24, 2.45) is 11.7 Å². The predicted octanol–water partition coefficient (Wildman–Crippen LogP) is 3.59. The highest BCUT2D eigenvalue weighted by Gasteiger charge is 2.26. The summed E-state index contributed by atoms with van der Waals surface area (Å²) in [6, 6.07) is 9.65. The first-order valence-corrected chi connectivity index (χ1v) is 7.66. The van der Waals surface area contributed by atoms with Gasteiger partial charge in [-0.2, -0.15) is 0 Å². The van der Waals surface area contributed by atoms with Crippen LogP contribution in [0.1, 0.15) is 45.1 Å². The molecule has 0 aromatic heterocycles. The monoisotopic (exact) mass is 260 g/mol. The highest BCUT2D eigenvalue weighted by molar-refractivity contribution is 5.54. The van der Waals surface area contributed by atoms with Gasteiger partial charge in [-0.1, -0.05) is 38.0 Å². The van der Waals surface area contributed by atoms with E-state index in [0.717, 1.165) is 12.3 Å². The molecule has 2 nitrogen and oxygen atoms in total. The lowest BCUT2D eigenvalue weighted by atomic mass is 9.84. The Morgan fingerprint density at radius 3 is 2.63 bits per heavy atom. The molecule has 19 heavy (non-hydrogen) atoms. The molecule has 106 valence electrons. The normalized spacial score (nSPS) is 25.1. The molecule has 0 aliphatic heterocycles. The standard InChI is InChI=1S/C17H28N2/c1-13-8-4-6-10-16(13)19(3)17-11-7-5-9-15(17)12-14(2)18/h5,7,9,11,13-14,16H,4,6,8,10,12,18H2,1-3H3. The number of hydrogen-bond acceptors (Lipinski definition) is 2. The van der Waals surface area contributed by atoms with Crippen LogP contribution in [-0.2, 0) is 6.42 Å². The van der Waals surface area contributed by atoms with Gasteiger partial charge in [-0.05, 0) is 43.7 Å². The second kappa shape index (κ2) is 6.42. The molecule has 0 saturated heterocycles. The molecule has 1 fully saturated rings. The molecule has 2 heteroatoms. The maximum absolute atomic E-state index is 5.98. The van der Waals surface area contributed by atoms with Crippen molar-refractivity contribution >= 4 is 5.69 Å². The summed E-state index contributed by atoms with van der Waals surface area (Å²) in [5.74, 6) is 0.794. The minimum absolute atomic E-state index is 0.221. The summed E-state index contributed by atoms with van der Waals surface area (Å²) >= 11 is 0. The van der Waals surface area contributed by atoms with Crippen molar-refractivity contribution in [2.45, 2.75) is 58.0 Å². The lowest BCUT2D eigenvalue weighted by molar-refractivity contribution is 0.321. The van der Waals surface area contributed by atoms with E-state index in [4.69, 9.17) is 5.73 Å². The molecule has 0 bridgehead atoms. The van der Waals surface area contributed by atoms with Gasteiger partial charge >= 0.3 is 0 Å². The van der Waals surface area contributed by atoms with Crippen molar-refractivity contribution in [1.29, 1.82) is 0 Å². The van der Waals surface area contributed by atoms with E-state index in [1.165, 1.54) is 36.9 Å². The number of rotatable bonds is 4. The zero-order valence-electron chi connectivity index (χ0n) is 12.6. The summed E-state index contributed by atoms with van der Waals surface area (Å²) in [7, 11) is 2.26. The predicted molar refractivity (Wildman–Crippen MR) is 83.6 cm³/mol. The first kappa shape index (κ1) is 14.4. The highest BCUT2D eigenvalue weighted by Crippen LogP contribution is 2.32. The summed E-state index contributed by atoms with van der Waals surface area (Å²) in [5, 5.41) is 0. The molecule has 1 saturated carbocycles. The fourth-order valence-corrected chi connectivity index (χ4v) is 3.43. The molecule has 0 heterocycles. The van der Waals surface area contributed by atoms with Crippen LogP contribution in [0.4, 0.5) is 5.69 Å². The van der Waals surface area contributed by atoms with E-state index < -0.39 is 0 Å². The van der Waals surface area contributed by atoms with Crippen molar-refractivity contribution in [3.05, 3.63) is 29.8 Å². The summed E-state index contributed by atoms with van der Waals surface area (Å²) in [6.07, 6.45) is 6.41. The molecule has 1 aromatic rings. The molecular weight excluding hydrogens is 232 g/mol. The summed E-state index contributed by atoms with van der Waals surface area (Å²) in [4.78, 5) is 2.50. The molecule has 1 aromatic carbocycles. The molecule has 1 aliphatic rings. The second-order valence-corrected chi connectivity index (χ2v) is 6.25. The van der Waals surface area contributed by atoms with Crippen molar-refractivity contribution in [3.8, 4) is 0 Å². The molecular formula is C17H28N2. The van der Waals surface area contributed by atoms with Crippen molar-refractivity contribution < 1.29 is 0 Å². The van der Waals surface area contributed by atoms with E-state index >= 15 is 0 Å². The lowest BCUT2D eigenvalue weighted by Gasteiger charge is -2.38. The van der Waals surface area contributed by atoms with Crippen LogP contribution in [0.15, 0.2) is 24.3 Å². The van der Waals surface area contributed by atoms with Gasteiger partial charge in [0.15, 0.2) is 0 Å². The van der Waals surface area contributed by atoms with E-state index in [-0.39, 0.29) is 6.04 Å². The quantitative estimate of drug-likeness (QED) is 0.896. The van der Waals surface area contributed by atoms with Crippen molar-refractivity contribution in [3.63, 3.8) is 0 Å². The van der Waals surface area contributed by atoms with Crippen molar-refractivity contribution in [2.75, 3.05) is 11.9 Å². The lowest BCUT2D eigenvalue weighted by Crippen LogP contribution is -2.39. The van der Waals surface area contributed by atoms with Crippen LogP contribution in [0.5, 0.6) is 0 Å². The van der Waals surface area contributed by atoms with Crippen LogP contribution >= 0.6 is 0 Å². The van der Waals surface area contributed by atoms with Gasteiger partial charge in [0.05, 0.1) is 0 Å². The zero-order valence-corrected chi connectivity index (χ0v) is 12.6. The van der Waals surface area contributed by atoms with Gasteiger partial charge in [0.2, 0.25) is 0 Å². The number of nitrogens with zero attached hydrogens (tertiary/aromatic N) is 1. The van der Waals surface area contributed by atoms with Gasteiger partial charge in [-0.15, -0.1) is 0 Å². The second-order valence-electron chi connectivity index (χ2n) is 6.25. The molecule has 0 radical (unpaired) electrons. The Morgan fingerprint density at radius 1 is 1.26 bits per heavy atom. The smallest absolute Gasteiger partial charge is 0.0399 e. The molecule has 2 rings (SSSR count). The fourth-order valence-electron chi connectivity index (χ4n) is 3.43. The Hall–Kier alpha value is -1.02.